The van der Waals surface area contributed by atoms with E-state index in [1.165, 1.54) is 31.4 Å². The van der Waals surface area contributed by atoms with E-state index >= 15 is 0 Å². The van der Waals surface area contributed by atoms with Crippen LogP contribution in [-0.2, 0) is 9.47 Å². The second-order valence-electron chi connectivity index (χ2n) is 9.17. The molecule has 1 unspecified atom stereocenters. The molecule has 1 aliphatic carbocycles. The summed E-state index contributed by atoms with van der Waals surface area (Å²) in [5.41, 5.74) is 8.41. The number of methoxy groups -OCH3 is 1. The molecule has 0 aromatic carbocycles. The van der Waals surface area contributed by atoms with E-state index in [1.54, 1.807) is 7.11 Å². The average Bonchev–Trinajstić information content (AvgIpc) is 2.84. The van der Waals surface area contributed by atoms with Crippen molar-refractivity contribution >= 4 is 11.5 Å². The zero-order valence-corrected chi connectivity index (χ0v) is 19.3. The van der Waals surface area contributed by atoms with Gasteiger partial charge in [-0.3, -0.25) is 5.32 Å². The summed E-state index contributed by atoms with van der Waals surface area (Å²) in [6, 6.07) is 5.14. The van der Waals surface area contributed by atoms with Crippen molar-refractivity contribution in [1.82, 2.24) is 20.5 Å². The maximum atomic E-state index is 6.04. The first-order chi connectivity index (χ1) is 15.7. The zero-order chi connectivity index (χ0) is 22.2. The Morgan fingerprint density at radius 2 is 1.97 bits per heavy atom. The SMILES string of the molecule is COCCNC1CCC(N2C(c3ccnc(N)c3)=CC=CC2NCC2CCOCC2)CC1. The van der Waals surface area contributed by atoms with Crippen LogP contribution in [0.1, 0.15) is 44.1 Å². The third-order valence-corrected chi connectivity index (χ3v) is 6.99. The maximum Gasteiger partial charge on any atom is 0.123 e. The predicted molar refractivity (Wildman–Crippen MR) is 129 cm³/mol. The maximum absolute atomic E-state index is 6.04. The number of anilines is 1. The highest BCUT2D eigenvalue weighted by Gasteiger charge is 2.32. The molecule has 0 amide bonds. The zero-order valence-electron chi connectivity index (χ0n) is 19.3. The van der Waals surface area contributed by atoms with E-state index in [-0.39, 0.29) is 6.17 Å². The van der Waals surface area contributed by atoms with E-state index in [2.05, 4.69) is 44.8 Å². The Hall–Kier alpha value is -1.93. The first kappa shape index (κ1) is 23.2. The Balaban J connectivity index is 1.46. The van der Waals surface area contributed by atoms with Crippen LogP contribution in [-0.4, -0.2) is 68.2 Å². The van der Waals surface area contributed by atoms with Gasteiger partial charge in [-0.05, 0) is 68.7 Å². The van der Waals surface area contributed by atoms with Crippen molar-refractivity contribution in [2.75, 3.05) is 45.8 Å². The molecule has 176 valence electrons. The molecule has 1 saturated carbocycles. The lowest BCUT2D eigenvalue weighted by atomic mass is 9.88. The Kier molecular flexibility index (Phi) is 8.56. The summed E-state index contributed by atoms with van der Waals surface area (Å²) < 4.78 is 10.7. The van der Waals surface area contributed by atoms with Crippen molar-refractivity contribution in [3.8, 4) is 0 Å². The largest absolute Gasteiger partial charge is 0.384 e. The molecule has 1 aromatic rings. The second kappa shape index (κ2) is 11.8. The normalized spacial score (nSPS) is 26.8. The summed E-state index contributed by atoms with van der Waals surface area (Å²) >= 11 is 0. The fraction of sp³-hybridized carbons (Fsp3) is 0.640. The van der Waals surface area contributed by atoms with Gasteiger partial charge in [0.05, 0.1) is 12.8 Å². The van der Waals surface area contributed by atoms with Gasteiger partial charge < -0.3 is 25.4 Å². The van der Waals surface area contributed by atoms with Gasteiger partial charge >= 0.3 is 0 Å². The van der Waals surface area contributed by atoms with E-state index in [0.717, 1.165) is 51.3 Å². The van der Waals surface area contributed by atoms with E-state index in [0.29, 0.717) is 23.8 Å². The number of nitrogens with zero attached hydrogens (tertiary/aromatic N) is 2. The number of nitrogen functional groups attached to an aromatic ring is 1. The third-order valence-electron chi connectivity index (χ3n) is 6.99. The van der Waals surface area contributed by atoms with Gasteiger partial charge in [-0.1, -0.05) is 6.08 Å². The summed E-state index contributed by atoms with van der Waals surface area (Å²) in [6.07, 6.45) is 15.7. The van der Waals surface area contributed by atoms with Gasteiger partial charge in [0.1, 0.15) is 5.82 Å². The Morgan fingerprint density at radius 3 is 2.72 bits per heavy atom. The Bertz CT molecular complexity index is 769. The molecule has 4 N–H and O–H groups in total. The van der Waals surface area contributed by atoms with Gasteiger partial charge in [-0.15, -0.1) is 0 Å². The van der Waals surface area contributed by atoms with Crippen molar-refractivity contribution in [3.05, 3.63) is 42.1 Å². The van der Waals surface area contributed by atoms with Crippen molar-refractivity contribution < 1.29 is 9.47 Å². The number of nitrogens with two attached hydrogens (primary N) is 1. The Labute approximate surface area is 192 Å². The molecule has 1 aromatic heterocycles. The molecule has 1 atom stereocenters. The van der Waals surface area contributed by atoms with E-state index in [9.17, 15) is 0 Å². The number of ether oxygens (including phenoxy) is 2. The van der Waals surface area contributed by atoms with E-state index in [1.807, 2.05) is 12.3 Å². The Morgan fingerprint density at radius 1 is 1.16 bits per heavy atom. The lowest BCUT2D eigenvalue weighted by molar-refractivity contribution is 0.0627. The molecule has 2 fully saturated rings. The summed E-state index contributed by atoms with van der Waals surface area (Å²) in [5.74, 6) is 1.25. The quantitative estimate of drug-likeness (QED) is 0.508. The number of aromatic nitrogens is 1. The van der Waals surface area contributed by atoms with E-state index < -0.39 is 0 Å². The number of hydrogen-bond acceptors (Lipinski definition) is 7. The van der Waals surface area contributed by atoms with Crippen LogP contribution in [0.2, 0.25) is 0 Å². The molecule has 3 aliphatic rings. The van der Waals surface area contributed by atoms with Crippen molar-refractivity contribution in [1.29, 1.82) is 0 Å². The van der Waals surface area contributed by atoms with Crippen molar-refractivity contribution in [3.63, 3.8) is 0 Å². The lowest BCUT2D eigenvalue weighted by Crippen LogP contribution is -2.52. The minimum absolute atomic E-state index is 0.190. The average molecular weight is 442 g/mol. The van der Waals surface area contributed by atoms with Gasteiger partial charge in [-0.25, -0.2) is 4.98 Å². The fourth-order valence-corrected chi connectivity index (χ4v) is 5.18. The van der Waals surface area contributed by atoms with Gasteiger partial charge in [0.15, 0.2) is 0 Å². The first-order valence-corrected chi connectivity index (χ1v) is 12.2. The molecular weight excluding hydrogens is 402 g/mol. The van der Waals surface area contributed by atoms with Gasteiger partial charge in [-0.2, -0.15) is 0 Å². The minimum atomic E-state index is 0.190. The van der Waals surface area contributed by atoms with Crippen LogP contribution in [0.3, 0.4) is 0 Å². The second-order valence-corrected chi connectivity index (χ2v) is 9.17. The lowest BCUT2D eigenvalue weighted by Gasteiger charge is -2.45. The number of hydrogen-bond donors (Lipinski definition) is 3. The van der Waals surface area contributed by atoms with E-state index in [4.69, 9.17) is 15.2 Å². The van der Waals surface area contributed by atoms with Crippen LogP contribution in [0.4, 0.5) is 5.82 Å². The highest BCUT2D eigenvalue weighted by atomic mass is 16.5. The van der Waals surface area contributed by atoms with Gasteiger partial charge in [0, 0.05) is 63.0 Å². The molecule has 0 spiro atoms. The van der Waals surface area contributed by atoms with Crippen LogP contribution in [0.15, 0.2) is 36.6 Å². The van der Waals surface area contributed by atoms with Crippen molar-refractivity contribution in [2.45, 2.75) is 56.8 Å². The highest BCUT2D eigenvalue weighted by molar-refractivity contribution is 5.69. The molecule has 4 rings (SSSR count). The van der Waals surface area contributed by atoms with Crippen LogP contribution >= 0.6 is 0 Å². The predicted octanol–water partition coefficient (Wildman–Crippen LogP) is 2.77. The number of allylic oxidation sites excluding steroid dienone is 2. The van der Waals surface area contributed by atoms with Crippen molar-refractivity contribution in [2.24, 2.45) is 5.92 Å². The van der Waals surface area contributed by atoms with Crippen LogP contribution in [0.5, 0.6) is 0 Å². The first-order valence-electron chi connectivity index (χ1n) is 12.2. The molecule has 0 bridgehead atoms. The number of pyridine rings is 1. The smallest absolute Gasteiger partial charge is 0.123 e. The summed E-state index contributed by atoms with van der Waals surface area (Å²) in [7, 11) is 1.76. The molecule has 3 heterocycles. The van der Waals surface area contributed by atoms with Gasteiger partial charge in [0.2, 0.25) is 0 Å². The molecule has 2 aliphatic heterocycles. The molecule has 7 nitrogen and oxygen atoms in total. The topological polar surface area (TPSA) is 84.7 Å². The summed E-state index contributed by atoms with van der Waals surface area (Å²) in [5, 5.41) is 7.52. The standard InChI is InChI=1S/C25H39N5O2/c1-31-16-13-27-21-5-7-22(8-6-21)30-23(20-9-12-28-24(26)17-20)3-2-4-25(30)29-18-19-10-14-32-15-11-19/h2-4,9,12,17,19,21-22,25,27,29H,5-8,10-11,13-16,18H2,1H3,(H2,26,28). The van der Waals surface area contributed by atoms with Crippen LogP contribution in [0.25, 0.3) is 5.70 Å². The molecule has 7 heteroatoms. The number of nitrogens with one attached hydrogen (secondary N) is 2. The summed E-state index contributed by atoms with van der Waals surface area (Å²) in [6.45, 7) is 4.49. The molecule has 32 heavy (non-hydrogen) atoms. The highest BCUT2D eigenvalue weighted by Crippen LogP contribution is 2.34. The molecule has 0 radical (unpaired) electrons. The van der Waals surface area contributed by atoms with Crippen LogP contribution < -0.4 is 16.4 Å². The molecule has 1 saturated heterocycles. The molecular formula is C25H39N5O2. The summed E-state index contributed by atoms with van der Waals surface area (Å²) in [4.78, 5) is 6.80. The fourth-order valence-electron chi connectivity index (χ4n) is 5.18. The van der Waals surface area contributed by atoms with Gasteiger partial charge in [0.25, 0.3) is 0 Å². The minimum Gasteiger partial charge on any atom is -0.384 e. The number of rotatable bonds is 9. The third kappa shape index (κ3) is 6.10. The monoisotopic (exact) mass is 441 g/mol. The van der Waals surface area contributed by atoms with Crippen LogP contribution in [0, 0.1) is 5.92 Å².